The number of nitrogens with zero attached hydrogens (tertiary/aromatic N) is 2. The third-order valence-electron chi connectivity index (χ3n) is 2.52. The first-order chi connectivity index (χ1) is 8.66. The molecule has 0 unspecified atom stereocenters. The average Bonchev–Trinajstić information content (AvgIpc) is 2.93. The lowest BCUT2D eigenvalue weighted by molar-refractivity contribution is 0.0686. The van der Waals surface area contributed by atoms with Crippen molar-refractivity contribution < 1.29 is 14.4 Å². The predicted molar refractivity (Wildman–Crippen MR) is 63.6 cm³/mol. The Hall–Kier alpha value is -2.34. The normalized spacial score (nSPS) is 10.9. The highest BCUT2D eigenvalue weighted by Gasteiger charge is 2.21. The van der Waals surface area contributed by atoms with Crippen molar-refractivity contribution in [2.24, 2.45) is 0 Å². The minimum Gasteiger partial charge on any atom is -0.476 e. The van der Waals surface area contributed by atoms with Gasteiger partial charge in [-0.15, -0.1) is 0 Å². The number of H-pyrrole nitrogens is 1. The van der Waals surface area contributed by atoms with Crippen LogP contribution in [0.5, 0.6) is 0 Å². The number of carboxylic acids is 1. The fourth-order valence-corrected chi connectivity index (χ4v) is 1.93. The maximum atomic E-state index is 10.8. The number of aromatic amines is 1. The highest BCUT2D eigenvalue weighted by molar-refractivity contribution is 6.35. The first-order valence-electron chi connectivity index (χ1n) is 4.99. The topological polar surface area (TPSA) is 92.0 Å². The Bertz CT molecular complexity index is 747. The third-order valence-corrected chi connectivity index (χ3v) is 2.87. The molecule has 0 spiro atoms. The fraction of sp³-hybridized carbons (Fsp3) is 0. The molecule has 2 heterocycles. The number of carboxylic acid groups (broad SMARTS) is 1. The molecule has 2 aromatic heterocycles. The molecule has 0 aliphatic heterocycles. The quantitative estimate of drug-likeness (QED) is 0.741. The average molecular weight is 264 g/mol. The van der Waals surface area contributed by atoms with E-state index in [4.69, 9.17) is 21.2 Å². The zero-order chi connectivity index (χ0) is 12.7. The first kappa shape index (κ1) is 10.8. The summed E-state index contributed by atoms with van der Waals surface area (Å²) in [6.45, 7) is 0. The van der Waals surface area contributed by atoms with Crippen LogP contribution >= 0.6 is 11.6 Å². The van der Waals surface area contributed by atoms with Crippen molar-refractivity contribution in [3.8, 4) is 11.3 Å². The lowest BCUT2D eigenvalue weighted by Crippen LogP contribution is -1.96. The van der Waals surface area contributed by atoms with E-state index in [1.165, 1.54) is 0 Å². The Morgan fingerprint density at radius 2 is 2.28 bits per heavy atom. The smallest absolute Gasteiger partial charge is 0.359 e. The number of hydrogen-bond donors (Lipinski definition) is 2. The lowest BCUT2D eigenvalue weighted by atomic mass is 10.1. The summed E-state index contributed by atoms with van der Waals surface area (Å²) in [4.78, 5) is 17.8. The minimum atomic E-state index is -1.22. The van der Waals surface area contributed by atoms with Crippen LogP contribution < -0.4 is 0 Å². The number of imidazole rings is 1. The molecule has 0 aliphatic rings. The molecule has 0 amide bonds. The maximum Gasteiger partial charge on any atom is 0.359 e. The summed E-state index contributed by atoms with van der Waals surface area (Å²) in [6, 6.07) is 5.28. The molecule has 6 nitrogen and oxygen atoms in total. The van der Waals surface area contributed by atoms with Crippen LogP contribution in [0.1, 0.15) is 10.5 Å². The molecule has 0 saturated heterocycles. The summed E-state index contributed by atoms with van der Waals surface area (Å²) in [5.41, 5.74) is 1.94. The van der Waals surface area contributed by atoms with Gasteiger partial charge >= 0.3 is 5.97 Å². The van der Waals surface area contributed by atoms with Gasteiger partial charge in [0, 0.05) is 5.56 Å². The summed E-state index contributed by atoms with van der Waals surface area (Å²) in [6.07, 6.45) is 1.57. The zero-order valence-corrected chi connectivity index (χ0v) is 9.60. The van der Waals surface area contributed by atoms with Crippen LogP contribution in [0.4, 0.5) is 0 Å². The van der Waals surface area contributed by atoms with Crippen molar-refractivity contribution in [2.45, 2.75) is 0 Å². The molecule has 0 saturated carbocycles. The van der Waals surface area contributed by atoms with E-state index in [0.29, 0.717) is 5.56 Å². The molecule has 90 valence electrons. The molecule has 0 fully saturated rings. The van der Waals surface area contributed by atoms with E-state index in [1.807, 2.05) is 0 Å². The number of carbonyl (C=O) groups is 1. The molecular weight excluding hydrogens is 258 g/mol. The summed E-state index contributed by atoms with van der Waals surface area (Å²) in [5.74, 6) is -0.997. The Kier molecular flexibility index (Phi) is 2.31. The van der Waals surface area contributed by atoms with E-state index >= 15 is 0 Å². The second kappa shape index (κ2) is 3.85. The standard InChI is InChI=1S/C11H6ClN3O3/c12-8-9(11(16)17)15-18-10(8)5-1-2-6-7(3-5)14-4-13-6/h1-4H,(H,13,14)(H,16,17). The molecule has 18 heavy (non-hydrogen) atoms. The summed E-state index contributed by atoms with van der Waals surface area (Å²) in [7, 11) is 0. The first-order valence-corrected chi connectivity index (χ1v) is 5.36. The molecule has 0 aliphatic carbocycles. The van der Waals surface area contributed by atoms with Crippen molar-refractivity contribution in [3.63, 3.8) is 0 Å². The Labute approximate surface area is 105 Å². The summed E-state index contributed by atoms with van der Waals surface area (Å²) >= 11 is 5.92. The van der Waals surface area contributed by atoms with Crippen molar-refractivity contribution in [3.05, 3.63) is 35.2 Å². The van der Waals surface area contributed by atoms with E-state index in [2.05, 4.69) is 15.1 Å². The van der Waals surface area contributed by atoms with Gasteiger partial charge in [0.05, 0.1) is 17.4 Å². The molecule has 3 aromatic rings. The molecule has 7 heteroatoms. The number of benzene rings is 1. The van der Waals surface area contributed by atoms with Crippen LogP contribution in [-0.4, -0.2) is 26.2 Å². The number of halogens is 1. The molecule has 1 aromatic carbocycles. The maximum absolute atomic E-state index is 10.8. The van der Waals surface area contributed by atoms with Crippen molar-refractivity contribution in [1.29, 1.82) is 0 Å². The van der Waals surface area contributed by atoms with Gasteiger partial charge in [0.15, 0.2) is 5.76 Å². The van der Waals surface area contributed by atoms with Gasteiger partial charge in [-0.3, -0.25) is 0 Å². The molecule has 0 atom stereocenters. The fourth-order valence-electron chi connectivity index (χ4n) is 1.67. The van der Waals surface area contributed by atoms with E-state index in [0.717, 1.165) is 11.0 Å². The molecule has 0 radical (unpaired) electrons. The van der Waals surface area contributed by atoms with Crippen LogP contribution in [-0.2, 0) is 0 Å². The molecule has 3 rings (SSSR count). The lowest BCUT2D eigenvalue weighted by Gasteiger charge is -1.96. The monoisotopic (exact) mass is 263 g/mol. The van der Waals surface area contributed by atoms with Gasteiger partial charge in [0.25, 0.3) is 0 Å². The van der Waals surface area contributed by atoms with Crippen LogP contribution in [0.15, 0.2) is 29.0 Å². The Morgan fingerprint density at radius 3 is 3.00 bits per heavy atom. The highest BCUT2D eigenvalue weighted by atomic mass is 35.5. The zero-order valence-electron chi connectivity index (χ0n) is 8.85. The van der Waals surface area contributed by atoms with Gasteiger partial charge in [-0.2, -0.15) is 0 Å². The number of fused-ring (bicyclic) bond motifs is 1. The van der Waals surface area contributed by atoms with Crippen molar-refractivity contribution >= 4 is 28.6 Å². The summed E-state index contributed by atoms with van der Waals surface area (Å²) < 4.78 is 4.97. The highest BCUT2D eigenvalue weighted by Crippen LogP contribution is 2.31. The SMILES string of the molecule is O=C(O)c1noc(-c2ccc3nc[nH]c3c2)c1Cl. The van der Waals surface area contributed by atoms with Gasteiger partial charge < -0.3 is 14.6 Å². The molecule has 2 N–H and O–H groups in total. The van der Waals surface area contributed by atoms with E-state index < -0.39 is 5.97 Å². The van der Waals surface area contributed by atoms with E-state index in [9.17, 15) is 4.79 Å². The van der Waals surface area contributed by atoms with Crippen molar-refractivity contribution in [2.75, 3.05) is 0 Å². The number of aromatic nitrogens is 3. The second-order valence-electron chi connectivity index (χ2n) is 3.61. The van der Waals surface area contributed by atoms with Gasteiger partial charge in [-0.25, -0.2) is 9.78 Å². The minimum absolute atomic E-state index is 0.0126. The van der Waals surface area contributed by atoms with Crippen LogP contribution in [0.25, 0.3) is 22.4 Å². The summed E-state index contributed by atoms with van der Waals surface area (Å²) in [5, 5.41) is 12.3. The van der Waals surface area contributed by atoms with E-state index in [-0.39, 0.29) is 16.5 Å². The number of rotatable bonds is 2. The van der Waals surface area contributed by atoms with Gasteiger partial charge in [-0.05, 0) is 18.2 Å². The van der Waals surface area contributed by atoms with Crippen LogP contribution in [0, 0.1) is 0 Å². The van der Waals surface area contributed by atoms with Crippen LogP contribution in [0.2, 0.25) is 5.02 Å². The van der Waals surface area contributed by atoms with Gasteiger partial charge in [0.1, 0.15) is 5.02 Å². The van der Waals surface area contributed by atoms with E-state index in [1.54, 1.807) is 24.5 Å². The second-order valence-corrected chi connectivity index (χ2v) is 3.99. The largest absolute Gasteiger partial charge is 0.476 e. The molecule has 0 bridgehead atoms. The molecular formula is C11H6ClN3O3. The van der Waals surface area contributed by atoms with Crippen molar-refractivity contribution in [1.82, 2.24) is 15.1 Å². The Morgan fingerprint density at radius 1 is 1.44 bits per heavy atom. The number of hydrogen-bond acceptors (Lipinski definition) is 4. The number of nitrogens with one attached hydrogen (secondary N) is 1. The number of aromatic carboxylic acids is 1. The van der Waals surface area contributed by atoms with Gasteiger partial charge in [0.2, 0.25) is 5.69 Å². The Balaban J connectivity index is 2.16. The van der Waals surface area contributed by atoms with Gasteiger partial charge in [-0.1, -0.05) is 16.8 Å². The predicted octanol–water partition coefficient (Wildman–Crippen LogP) is 2.57. The third kappa shape index (κ3) is 1.54. The van der Waals surface area contributed by atoms with Crippen LogP contribution in [0.3, 0.4) is 0 Å².